The SMILES string of the molecule is CC(C)(C)[C@H](N)C(=O)N1[C@@H]2CC[C@@H](C2)[C@H]1C(=O)N1C[C@@]2(C[C@H]1C(N)=O)Oc1cccnc1NC2=O. The minimum Gasteiger partial charge on any atom is -0.472 e. The predicted octanol–water partition coefficient (Wildman–Crippen LogP) is -0.00960. The fraction of sp³-hybridized carbons (Fsp3) is 0.625. The van der Waals surface area contributed by atoms with Gasteiger partial charge in [-0.05, 0) is 42.7 Å². The van der Waals surface area contributed by atoms with Gasteiger partial charge in [-0.15, -0.1) is 0 Å². The van der Waals surface area contributed by atoms with E-state index in [1.807, 2.05) is 20.8 Å². The van der Waals surface area contributed by atoms with Gasteiger partial charge in [0.2, 0.25) is 23.3 Å². The van der Waals surface area contributed by atoms with Gasteiger partial charge in [0, 0.05) is 18.7 Å². The number of likely N-dealkylation sites (tertiary alicyclic amines) is 2. The third-order valence-corrected chi connectivity index (χ3v) is 7.95. The normalized spacial score (nSPS) is 32.3. The molecule has 4 aliphatic rings. The van der Waals surface area contributed by atoms with E-state index in [4.69, 9.17) is 16.2 Å². The molecule has 0 radical (unpaired) electrons. The van der Waals surface area contributed by atoms with Crippen molar-refractivity contribution in [2.75, 3.05) is 11.9 Å². The molecule has 35 heavy (non-hydrogen) atoms. The lowest BCUT2D eigenvalue weighted by Crippen LogP contribution is -2.61. The van der Waals surface area contributed by atoms with Crippen LogP contribution in [0.15, 0.2) is 18.3 Å². The summed E-state index contributed by atoms with van der Waals surface area (Å²) in [5.41, 5.74) is 10.1. The smallest absolute Gasteiger partial charge is 0.271 e. The molecular weight excluding hydrogens is 452 g/mol. The molecule has 11 heteroatoms. The van der Waals surface area contributed by atoms with Gasteiger partial charge in [0.15, 0.2) is 11.6 Å². The molecule has 2 bridgehead atoms. The minimum atomic E-state index is -1.47. The lowest BCUT2D eigenvalue weighted by molar-refractivity contribution is -0.152. The Morgan fingerprint density at radius 1 is 1.29 bits per heavy atom. The lowest BCUT2D eigenvalue weighted by Gasteiger charge is -2.40. The first kappa shape index (κ1) is 23.5. The van der Waals surface area contributed by atoms with Crippen LogP contribution < -0.4 is 21.5 Å². The van der Waals surface area contributed by atoms with Gasteiger partial charge in [-0.2, -0.15) is 0 Å². The van der Waals surface area contributed by atoms with Crippen LogP contribution in [-0.2, 0) is 19.2 Å². The molecule has 0 unspecified atom stereocenters. The average Bonchev–Trinajstić information content (AvgIpc) is 3.51. The molecule has 188 valence electrons. The maximum absolute atomic E-state index is 14.0. The van der Waals surface area contributed by atoms with Crippen molar-refractivity contribution >= 4 is 29.4 Å². The highest BCUT2D eigenvalue weighted by atomic mass is 16.5. The Morgan fingerprint density at radius 3 is 2.71 bits per heavy atom. The quantitative estimate of drug-likeness (QED) is 0.544. The largest absolute Gasteiger partial charge is 0.472 e. The third-order valence-electron chi connectivity index (χ3n) is 7.95. The lowest BCUT2D eigenvalue weighted by atomic mass is 9.85. The number of amides is 4. The van der Waals surface area contributed by atoms with Gasteiger partial charge in [-0.3, -0.25) is 19.2 Å². The number of carbonyl (C=O) groups is 4. The second kappa shape index (κ2) is 7.91. The number of nitrogens with one attached hydrogen (secondary N) is 1. The first-order chi connectivity index (χ1) is 16.4. The zero-order valence-electron chi connectivity index (χ0n) is 20.2. The number of nitrogens with zero attached hydrogens (tertiary/aromatic N) is 3. The van der Waals surface area contributed by atoms with Gasteiger partial charge in [-0.1, -0.05) is 20.8 Å². The molecule has 1 aromatic rings. The van der Waals surface area contributed by atoms with E-state index in [2.05, 4.69) is 10.3 Å². The van der Waals surface area contributed by atoms with Crippen molar-refractivity contribution in [3.8, 4) is 5.75 Å². The summed E-state index contributed by atoms with van der Waals surface area (Å²) in [6, 6.07) is 0.712. The number of ether oxygens (including phenoxy) is 1. The number of hydrogen-bond acceptors (Lipinski definition) is 7. The van der Waals surface area contributed by atoms with E-state index in [0.29, 0.717) is 5.75 Å². The number of rotatable bonds is 3. The van der Waals surface area contributed by atoms with Gasteiger partial charge in [0.05, 0.1) is 12.6 Å². The number of hydrogen-bond donors (Lipinski definition) is 3. The van der Waals surface area contributed by atoms with E-state index in [1.165, 1.54) is 11.1 Å². The van der Waals surface area contributed by atoms with E-state index in [-0.39, 0.29) is 42.6 Å². The molecular formula is C24H32N6O5. The summed E-state index contributed by atoms with van der Waals surface area (Å²) >= 11 is 0. The van der Waals surface area contributed by atoms with Gasteiger partial charge in [-0.25, -0.2) is 4.98 Å². The predicted molar refractivity (Wildman–Crippen MR) is 125 cm³/mol. The van der Waals surface area contributed by atoms with Crippen LogP contribution >= 0.6 is 0 Å². The summed E-state index contributed by atoms with van der Waals surface area (Å²) in [5.74, 6) is -1.25. The molecule has 0 aromatic carbocycles. The number of piperidine rings is 1. The van der Waals surface area contributed by atoms with Crippen LogP contribution in [0.3, 0.4) is 0 Å². The molecule has 3 aliphatic heterocycles. The van der Waals surface area contributed by atoms with E-state index < -0.39 is 41.0 Å². The Kier molecular flexibility index (Phi) is 5.31. The third kappa shape index (κ3) is 3.64. The highest BCUT2D eigenvalue weighted by Gasteiger charge is 2.60. The molecule has 4 heterocycles. The highest BCUT2D eigenvalue weighted by molar-refractivity contribution is 6.03. The van der Waals surface area contributed by atoms with E-state index >= 15 is 0 Å². The monoisotopic (exact) mass is 484 g/mol. The van der Waals surface area contributed by atoms with Crippen LogP contribution in [0, 0.1) is 11.3 Å². The molecule has 6 atom stereocenters. The van der Waals surface area contributed by atoms with Crippen molar-refractivity contribution in [2.45, 2.75) is 76.2 Å². The van der Waals surface area contributed by atoms with Crippen molar-refractivity contribution in [2.24, 2.45) is 22.8 Å². The van der Waals surface area contributed by atoms with Crippen LogP contribution in [0.25, 0.3) is 0 Å². The van der Waals surface area contributed by atoms with Gasteiger partial charge in [0.1, 0.15) is 12.1 Å². The Labute approximate surface area is 203 Å². The molecule has 1 aromatic heterocycles. The maximum atomic E-state index is 14.0. The summed E-state index contributed by atoms with van der Waals surface area (Å²) in [7, 11) is 0. The summed E-state index contributed by atoms with van der Waals surface area (Å²) in [6.45, 7) is 5.51. The molecule has 4 amide bonds. The zero-order chi connectivity index (χ0) is 25.3. The van der Waals surface area contributed by atoms with Crippen LogP contribution in [0.1, 0.15) is 46.5 Å². The van der Waals surface area contributed by atoms with Crippen LogP contribution in [-0.4, -0.2) is 74.7 Å². The highest BCUT2D eigenvalue weighted by Crippen LogP contribution is 2.46. The first-order valence-corrected chi connectivity index (χ1v) is 12.1. The molecule has 5 rings (SSSR count). The summed E-state index contributed by atoms with van der Waals surface area (Å²) in [5, 5.41) is 2.72. The van der Waals surface area contributed by atoms with Crippen molar-refractivity contribution in [3.63, 3.8) is 0 Å². The maximum Gasteiger partial charge on any atom is 0.271 e. The first-order valence-electron chi connectivity index (χ1n) is 12.1. The molecule has 3 fully saturated rings. The summed E-state index contributed by atoms with van der Waals surface area (Å²) < 4.78 is 6.06. The number of carbonyl (C=O) groups excluding carboxylic acids is 4. The molecule has 2 saturated heterocycles. The van der Waals surface area contributed by atoms with Gasteiger partial charge in [0.25, 0.3) is 5.91 Å². The number of primary amides is 1. The topological polar surface area (TPSA) is 161 Å². The number of fused-ring (bicyclic) bond motifs is 3. The summed E-state index contributed by atoms with van der Waals surface area (Å²) in [6.07, 6.45) is 3.79. The average molecular weight is 485 g/mol. The fourth-order valence-corrected chi connectivity index (χ4v) is 5.97. The van der Waals surface area contributed by atoms with Crippen LogP contribution in [0.2, 0.25) is 0 Å². The molecule has 11 nitrogen and oxygen atoms in total. The van der Waals surface area contributed by atoms with Gasteiger partial charge < -0.3 is 31.3 Å². The zero-order valence-corrected chi connectivity index (χ0v) is 20.2. The molecule has 5 N–H and O–H groups in total. The van der Waals surface area contributed by atoms with E-state index in [0.717, 1.165) is 19.3 Å². The fourth-order valence-electron chi connectivity index (χ4n) is 5.97. The Balaban J connectivity index is 1.45. The van der Waals surface area contributed by atoms with Crippen LogP contribution in [0.4, 0.5) is 5.82 Å². The van der Waals surface area contributed by atoms with Crippen molar-refractivity contribution in [1.82, 2.24) is 14.8 Å². The van der Waals surface area contributed by atoms with Crippen LogP contribution in [0.5, 0.6) is 5.75 Å². The second-order valence-corrected chi connectivity index (χ2v) is 11.3. The van der Waals surface area contributed by atoms with Crippen molar-refractivity contribution in [1.29, 1.82) is 0 Å². The Hall–Kier alpha value is -3.21. The van der Waals surface area contributed by atoms with E-state index in [1.54, 1.807) is 17.0 Å². The Morgan fingerprint density at radius 2 is 2.03 bits per heavy atom. The molecule has 1 spiro atoms. The van der Waals surface area contributed by atoms with Gasteiger partial charge >= 0.3 is 0 Å². The summed E-state index contributed by atoms with van der Waals surface area (Å²) in [4.78, 5) is 60.1. The number of nitrogens with two attached hydrogens (primary N) is 2. The molecule has 1 saturated carbocycles. The second-order valence-electron chi connectivity index (χ2n) is 11.3. The Bertz CT molecular complexity index is 1100. The number of aromatic nitrogens is 1. The van der Waals surface area contributed by atoms with E-state index in [9.17, 15) is 19.2 Å². The molecule has 1 aliphatic carbocycles. The minimum absolute atomic E-state index is 0.0280. The number of pyridine rings is 1. The van der Waals surface area contributed by atoms with Crippen molar-refractivity contribution in [3.05, 3.63) is 18.3 Å². The number of anilines is 1. The standard InChI is InChI=1S/C24H32N6O5/c1-23(2,3)17(25)21(33)30-13-7-6-12(9-13)16(30)20(32)29-11-24(10-14(29)18(26)31)22(34)28-19-15(35-24)5-4-8-27-19/h4-5,8,12-14,16-17H,6-7,9-11,25H2,1-3H3,(H2,26,31)(H,27,28,34)/t12-,13+,14-,16-,17+,24+/m0/s1. The van der Waals surface area contributed by atoms with Crippen molar-refractivity contribution < 1.29 is 23.9 Å².